The Morgan fingerprint density at radius 2 is 1.71 bits per heavy atom. The van der Waals surface area contributed by atoms with Gasteiger partial charge in [-0.3, -0.25) is 14.9 Å². The first-order valence-corrected chi connectivity index (χ1v) is 9.87. The summed E-state index contributed by atoms with van der Waals surface area (Å²) in [5.41, 5.74) is 3.65. The predicted octanol–water partition coefficient (Wildman–Crippen LogP) is 3.80. The van der Waals surface area contributed by atoms with Gasteiger partial charge in [0, 0.05) is 26.3 Å². The zero-order valence-corrected chi connectivity index (χ0v) is 19.2. The molecule has 0 bridgehead atoms. The lowest BCUT2D eigenvalue weighted by Crippen LogP contribution is -2.36. The van der Waals surface area contributed by atoms with E-state index in [0.717, 1.165) is 30.7 Å². The molecular formula is C22H32IN5. The molecule has 5 nitrogen and oxygen atoms in total. The maximum atomic E-state index is 4.32. The van der Waals surface area contributed by atoms with Crippen LogP contribution in [0.3, 0.4) is 0 Å². The summed E-state index contributed by atoms with van der Waals surface area (Å²) in [6.45, 7) is 7.29. The molecule has 0 saturated carbocycles. The van der Waals surface area contributed by atoms with Gasteiger partial charge in [0.15, 0.2) is 5.96 Å². The molecule has 0 aliphatic carbocycles. The van der Waals surface area contributed by atoms with Crippen LogP contribution in [0.4, 0.5) is 0 Å². The Balaban J connectivity index is 0.00000280. The van der Waals surface area contributed by atoms with E-state index in [0.29, 0.717) is 6.54 Å². The van der Waals surface area contributed by atoms with Gasteiger partial charge in [-0.05, 0) is 55.1 Å². The maximum Gasteiger partial charge on any atom is 0.191 e. The molecule has 1 fully saturated rings. The number of guanidine groups is 1. The second-order valence-electron chi connectivity index (χ2n) is 7.38. The number of aromatic nitrogens is 1. The quantitative estimate of drug-likeness (QED) is 0.365. The van der Waals surface area contributed by atoms with Crippen LogP contribution >= 0.6 is 24.0 Å². The van der Waals surface area contributed by atoms with Crippen molar-refractivity contribution < 1.29 is 0 Å². The first kappa shape index (κ1) is 22.6. The van der Waals surface area contributed by atoms with Gasteiger partial charge < -0.3 is 10.6 Å². The van der Waals surface area contributed by atoms with Crippen molar-refractivity contribution in [3.05, 3.63) is 65.5 Å². The normalized spacial score (nSPS) is 15.7. The van der Waals surface area contributed by atoms with E-state index in [1.54, 1.807) is 13.2 Å². The molecule has 2 aromatic rings. The summed E-state index contributed by atoms with van der Waals surface area (Å²) in [4.78, 5) is 11.2. The minimum atomic E-state index is 0. The zero-order valence-electron chi connectivity index (χ0n) is 16.9. The molecule has 0 unspecified atom stereocenters. The van der Waals surface area contributed by atoms with E-state index in [9.17, 15) is 0 Å². The van der Waals surface area contributed by atoms with Crippen LogP contribution in [0.15, 0.2) is 53.7 Å². The number of hydrogen-bond acceptors (Lipinski definition) is 3. The topological polar surface area (TPSA) is 52.6 Å². The molecule has 3 rings (SSSR count). The van der Waals surface area contributed by atoms with Gasteiger partial charge in [0.05, 0.1) is 12.2 Å². The lowest BCUT2D eigenvalue weighted by molar-refractivity contribution is 0.185. The van der Waals surface area contributed by atoms with E-state index in [1.165, 1.54) is 37.1 Å². The smallest absolute Gasteiger partial charge is 0.191 e. The lowest BCUT2D eigenvalue weighted by Gasteiger charge is -2.30. The van der Waals surface area contributed by atoms with Crippen LogP contribution in [0.1, 0.15) is 36.6 Å². The Morgan fingerprint density at radius 3 is 2.36 bits per heavy atom. The number of hydrogen-bond donors (Lipinski definition) is 2. The number of piperidine rings is 1. The Labute approximate surface area is 186 Å². The molecule has 28 heavy (non-hydrogen) atoms. The second kappa shape index (κ2) is 12.0. The highest BCUT2D eigenvalue weighted by molar-refractivity contribution is 14.0. The Bertz CT molecular complexity index is 709. The number of benzene rings is 1. The van der Waals surface area contributed by atoms with Crippen LogP contribution in [0.2, 0.25) is 0 Å². The highest BCUT2D eigenvalue weighted by Crippen LogP contribution is 2.18. The van der Waals surface area contributed by atoms with Gasteiger partial charge in [0.25, 0.3) is 0 Å². The number of likely N-dealkylation sites (tertiary alicyclic amines) is 1. The van der Waals surface area contributed by atoms with Gasteiger partial charge in [0.1, 0.15) is 0 Å². The van der Waals surface area contributed by atoms with Gasteiger partial charge >= 0.3 is 0 Å². The van der Waals surface area contributed by atoms with Crippen LogP contribution in [-0.4, -0.2) is 36.0 Å². The van der Waals surface area contributed by atoms with E-state index in [2.05, 4.69) is 56.7 Å². The molecule has 1 aliphatic rings. The average molecular weight is 493 g/mol. The van der Waals surface area contributed by atoms with Gasteiger partial charge in [-0.25, -0.2) is 0 Å². The third-order valence-corrected chi connectivity index (χ3v) is 5.15. The Kier molecular flexibility index (Phi) is 9.70. The van der Waals surface area contributed by atoms with Gasteiger partial charge in [-0.2, -0.15) is 0 Å². The minimum absolute atomic E-state index is 0. The molecule has 0 atom stereocenters. The molecule has 2 N–H and O–H groups in total. The van der Waals surface area contributed by atoms with E-state index in [4.69, 9.17) is 0 Å². The fourth-order valence-corrected chi connectivity index (χ4v) is 3.32. The predicted molar refractivity (Wildman–Crippen MR) is 127 cm³/mol. The molecule has 1 saturated heterocycles. The largest absolute Gasteiger partial charge is 0.352 e. The molecule has 0 radical (unpaired) electrons. The highest BCUT2D eigenvalue weighted by Gasteiger charge is 2.15. The summed E-state index contributed by atoms with van der Waals surface area (Å²) in [6.07, 6.45) is 4.46. The summed E-state index contributed by atoms with van der Waals surface area (Å²) in [7, 11) is 1.79. The van der Waals surface area contributed by atoms with E-state index >= 15 is 0 Å². The molecule has 0 amide bonds. The van der Waals surface area contributed by atoms with Crippen molar-refractivity contribution in [2.24, 2.45) is 10.9 Å². The standard InChI is InChI=1S/C22H31N5.HI/c1-18-10-13-27(14-11-18)17-20-8-6-19(7-9-20)15-25-22(23-2)26-16-21-5-3-4-12-24-21;/h3-9,12,18H,10-11,13-17H2,1-2H3,(H2,23,25,26);1H. The number of rotatable bonds is 6. The highest BCUT2D eigenvalue weighted by atomic mass is 127. The van der Waals surface area contributed by atoms with Crippen molar-refractivity contribution in [1.82, 2.24) is 20.5 Å². The van der Waals surface area contributed by atoms with E-state index in [-0.39, 0.29) is 24.0 Å². The summed E-state index contributed by atoms with van der Waals surface area (Å²) >= 11 is 0. The van der Waals surface area contributed by atoms with Gasteiger partial charge in [-0.15, -0.1) is 24.0 Å². The van der Waals surface area contributed by atoms with Crippen molar-refractivity contribution in [2.75, 3.05) is 20.1 Å². The van der Waals surface area contributed by atoms with Gasteiger partial charge in [0.2, 0.25) is 0 Å². The van der Waals surface area contributed by atoms with Crippen molar-refractivity contribution in [3.63, 3.8) is 0 Å². The summed E-state index contributed by atoms with van der Waals surface area (Å²) < 4.78 is 0. The summed E-state index contributed by atoms with van der Waals surface area (Å²) in [5.74, 6) is 1.67. The van der Waals surface area contributed by atoms with Crippen LogP contribution in [0.25, 0.3) is 0 Å². The fraction of sp³-hybridized carbons (Fsp3) is 0.455. The molecule has 152 valence electrons. The molecule has 1 aromatic carbocycles. The lowest BCUT2D eigenvalue weighted by atomic mass is 9.99. The third kappa shape index (κ3) is 7.39. The first-order valence-electron chi connectivity index (χ1n) is 9.87. The zero-order chi connectivity index (χ0) is 18.9. The molecule has 2 heterocycles. The minimum Gasteiger partial charge on any atom is -0.352 e. The second-order valence-corrected chi connectivity index (χ2v) is 7.38. The SMILES string of the molecule is CN=C(NCc1ccc(CN2CCC(C)CC2)cc1)NCc1ccccn1.I. The average Bonchev–Trinajstić information content (AvgIpc) is 2.72. The molecule has 1 aromatic heterocycles. The van der Waals surface area contributed by atoms with E-state index < -0.39 is 0 Å². The number of pyridine rings is 1. The van der Waals surface area contributed by atoms with Crippen LogP contribution in [-0.2, 0) is 19.6 Å². The van der Waals surface area contributed by atoms with Crippen molar-refractivity contribution >= 4 is 29.9 Å². The summed E-state index contributed by atoms with van der Waals surface area (Å²) in [6, 6.07) is 14.8. The summed E-state index contributed by atoms with van der Waals surface area (Å²) in [5, 5.41) is 6.66. The monoisotopic (exact) mass is 493 g/mol. The van der Waals surface area contributed by atoms with E-state index in [1.807, 2.05) is 18.2 Å². The number of nitrogens with zero attached hydrogens (tertiary/aromatic N) is 3. The Hall–Kier alpha value is -1.67. The van der Waals surface area contributed by atoms with Crippen molar-refractivity contribution in [2.45, 2.75) is 39.4 Å². The van der Waals surface area contributed by atoms with Crippen LogP contribution < -0.4 is 10.6 Å². The Morgan fingerprint density at radius 1 is 1.04 bits per heavy atom. The fourth-order valence-electron chi connectivity index (χ4n) is 3.32. The van der Waals surface area contributed by atoms with Crippen LogP contribution in [0.5, 0.6) is 0 Å². The van der Waals surface area contributed by atoms with Crippen molar-refractivity contribution in [1.29, 1.82) is 0 Å². The molecular weight excluding hydrogens is 461 g/mol. The maximum absolute atomic E-state index is 4.32. The van der Waals surface area contributed by atoms with Gasteiger partial charge in [-0.1, -0.05) is 37.3 Å². The molecule has 6 heteroatoms. The van der Waals surface area contributed by atoms with Crippen molar-refractivity contribution in [3.8, 4) is 0 Å². The molecule has 0 spiro atoms. The first-order chi connectivity index (χ1) is 13.2. The third-order valence-electron chi connectivity index (χ3n) is 5.15. The molecule has 1 aliphatic heterocycles. The van der Waals surface area contributed by atoms with Crippen LogP contribution in [0, 0.1) is 5.92 Å². The number of halogens is 1. The number of nitrogens with one attached hydrogen (secondary N) is 2. The number of aliphatic imine (C=N–C) groups is 1.